The summed E-state index contributed by atoms with van der Waals surface area (Å²) in [5.74, 6) is -0.708. The van der Waals surface area contributed by atoms with Gasteiger partial charge in [0.05, 0.1) is 12.6 Å². The van der Waals surface area contributed by atoms with Crippen molar-refractivity contribution in [2.24, 2.45) is 7.05 Å². The van der Waals surface area contributed by atoms with Crippen molar-refractivity contribution in [2.75, 3.05) is 6.54 Å². The number of carbonyl (C=O) groups excluding carboxylic acids is 2. The number of carbonyl (C=O) groups is 2. The molecule has 0 aliphatic heterocycles. The Kier molecular flexibility index (Phi) is 5.98. The van der Waals surface area contributed by atoms with Crippen molar-refractivity contribution in [1.29, 1.82) is 0 Å². The van der Waals surface area contributed by atoms with Crippen LogP contribution in [0.25, 0.3) is 17.0 Å². The molecule has 0 radical (unpaired) electrons. The van der Waals surface area contributed by atoms with E-state index in [1.807, 2.05) is 52.8 Å². The van der Waals surface area contributed by atoms with Gasteiger partial charge in [0, 0.05) is 55.2 Å². The molecule has 0 aliphatic rings. The van der Waals surface area contributed by atoms with Crippen LogP contribution in [0.15, 0.2) is 77.7 Å². The minimum absolute atomic E-state index is 0.136. The van der Waals surface area contributed by atoms with Crippen LogP contribution < -0.4 is 10.6 Å². The lowest BCUT2D eigenvalue weighted by molar-refractivity contribution is -0.117. The minimum atomic E-state index is -0.481. The first-order valence-electron chi connectivity index (χ1n) is 9.96. The summed E-state index contributed by atoms with van der Waals surface area (Å²) in [5, 5.41) is 6.55. The van der Waals surface area contributed by atoms with Crippen LogP contribution in [0, 0.1) is 0 Å². The molecule has 0 aliphatic carbocycles. The van der Waals surface area contributed by atoms with Gasteiger partial charge >= 0.3 is 0 Å². The van der Waals surface area contributed by atoms with Crippen LogP contribution in [-0.2, 0) is 18.4 Å². The Morgan fingerprint density at radius 1 is 1.19 bits per heavy atom. The first kappa shape index (κ1) is 20.2. The quantitative estimate of drug-likeness (QED) is 0.340. The minimum Gasteiger partial charge on any atom is -0.459 e. The zero-order valence-corrected chi connectivity index (χ0v) is 17.1. The number of fused-ring (bicyclic) bond motifs is 1. The van der Waals surface area contributed by atoms with E-state index in [2.05, 4.69) is 15.6 Å². The molecule has 2 amide bonds. The Labute approximate surface area is 179 Å². The molecule has 158 valence electrons. The number of aryl methyl sites for hydroxylation is 2. The topological polar surface area (TPSA) is 94.1 Å². The van der Waals surface area contributed by atoms with Crippen LogP contribution in [0.2, 0.25) is 0 Å². The SMILES string of the molecule is Cn1cc(C=C(NC(=O)c2ccco2)C(=O)NCCCn2ccnc2)c2ccccc21. The zero-order valence-electron chi connectivity index (χ0n) is 17.1. The number of para-hydroxylation sites is 1. The summed E-state index contributed by atoms with van der Waals surface area (Å²) < 4.78 is 9.08. The normalized spacial score (nSPS) is 11.6. The Morgan fingerprint density at radius 3 is 2.84 bits per heavy atom. The van der Waals surface area contributed by atoms with Gasteiger partial charge in [-0.1, -0.05) is 18.2 Å². The molecule has 0 unspecified atom stereocenters. The van der Waals surface area contributed by atoms with Gasteiger partial charge in [-0.25, -0.2) is 4.98 Å². The van der Waals surface area contributed by atoms with Crippen LogP contribution >= 0.6 is 0 Å². The molecule has 3 heterocycles. The second kappa shape index (κ2) is 9.17. The molecular weight excluding hydrogens is 394 g/mol. The van der Waals surface area contributed by atoms with E-state index in [9.17, 15) is 9.59 Å². The summed E-state index contributed by atoms with van der Waals surface area (Å²) in [7, 11) is 1.94. The van der Waals surface area contributed by atoms with Gasteiger partial charge in [0.15, 0.2) is 5.76 Å². The number of rotatable bonds is 8. The molecule has 8 nitrogen and oxygen atoms in total. The maximum atomic E-state index is 12.9. The second-order valence-corrected chi connectivity index (χ2v) is 7.11. The Bertz CT molecular complexity index is 1200. The number of furan rings is 1. The van der Waals surface area contributed by atoms with E-state index in [0.29, 0.717) is 6.54 Å². The number of benzene rings is 1. The van der Waals surface area contributed by atoms with Gasteiger partial charge in [-0.15, -0.1) is 0 Å². The maximum absolute atomic E-state index is 12.9. The molecule has 4 aromatic rings. The molecule has 0 spiro atoms. The van der Waals surface area contributed by atoms with E-state index in [4.69, 9.17) is 4.42 Å². The molecule has 2 N–H and O–H groups in total. The molecule has 8 heteroatoms. The van der Waals surface area contributed by atoms with Gasteiger partial charge in [0.25, 0.3) is 11.8 Å². The number of aromatic nitrogens is 3. The Hall–Kier alpha value is -4.07. The van der Waals surface area contributed by atoms with Crippen molar-refractivity contribution in [3.63, 3.8) is 0 Å². The van der Waals surface area contributed by atoms with Crippen molar-refractivity contribution in [3.05, 3.63) is 84.6 Å². The molecule has 0 saturated heterocycles. The van der Waals surface area contributed by atoms with Gasteiger partial charge in [0.2, 0.25) is 0 Å². The van der Waals surface area contributed by atoms with Gasteiger partial charge in [0.1, 0.15) is 5.70 Å². The Morgan fingerprint density at radius 2 is 2.06 bits per heavy atom. The number of hydrogen-bond acceptors (Lipinski definition) is 4. The lowest BCUT2D eigenvalue weighted by atomic mass is 10.1. The van der Waals surface area contributed by atoms with Crippen molar-refractivity contribution in [3.8, 4) is 0 Å². The van der Waals surface area contributed by atoms with Crippen molar-refractivity contribution < 1.29 is 14.0 Å². The van der Waals surface area contributed by atoms with Crippen LogP contribution in [0.3, 0.4) is 0 Å². The molecule has 1 aromatic carbocycles. The monoisotopic (exact) mass is 417 g/mol. The number of hydrogen-bond donors (Lipinski definition) is 2. The van der Waals surface area contributed by atoms with Crippen LogP contribution in [0.1, 0.15) is 22.5 Å². The molecule has 0 bridgehead atoms. The molecule has 31 heavy (non-hydrogen) atoms. The summed E-state index contributed by atoms with van der Waals surface area (Å²) in [6.45, 7) is 1.20. The first-order valence-corrected chi connectivity index (χ1v) is 9.96. The number of amides is 2. The van der Waals surface area contributed by atoms with Crippen LogP contribution in [-0.4, -0.2) is 32.5 Å². The van der Waals surface area contributed by atoms with Gasteiger partial charge < -0.3 is 24.2 Å². The highest BCUT2D eigenvalue weighted by molar-refractivity contribution is 6.05. The fourth-order valence-corrected chi connectivity index (χ4v) is 3.37. The van der Waals surface area contributed by atoms with Gasteiger partial charge in [-0.05, 0) is 30.7 Å². The third-order valence-electron chi connectivity index (χ3n) is 4.90. The second-order valence-electron chi connectivity index (χ2n) is 7.11. The maximum Gasteiger partial charge on any atom is 0.291 e. The molecule has 0 saturated carbocycles. The summed E-state index contributed by atoms with van der Waals surface area (Å²) in [6, 6.07) is 11.1. The standard InChI is InChI=1S/C23H23N5O3/c1-27-15-17(18-6-2-3-7-20(18)27)14-19(26-23(30)21-8-4-13-31-21)22(29)25-9-5-11-28-12-10-24-16-28/h2-4,6-8,10,12-16H,5,9,11H2,1H3,(H,25,29)(H,26,30). The summed E-state index contributed by atoms with van der Waals surface area (Å²) in [4.78, 5) is 29.4. The van der Waals surface area contributed by atoms with E-state index >= 15 is 0 Å². The van der Waals surface area contributed by atoms with Gasteiger partial charge in [-0.2, -0.15) is 0 Å². The molecule has 0 fully saturated rings. The smallest absolute Gasteiger partial charge is 0.291 e. The van der Waals surface area contributed by atoms with Crippen molar-refractivity contribution in [2.45, 2.75) is 13.0 Å². The average molecular weight is 417 g/mol. The molecule has 4 rings (SSSR count). The van der Waals surface area contributed by atoms with E-state index in [-0.39, 0.29) is 17.4 Å². The predicted molar refractivity (Wildman–Crippen MR) is 117 cm³/mol. The van der Waals surface area contributed by atoms with E-state index in [1.165, 1.54) is 6.26 Å². The van der Waals surface area contributed by atoms with E-state index in [0.717, 1.165) is 29.4 Å². The highest BCUT2D eigenvalue weighted by Crippen LogP contribution is 2.22. The largest absolute Gasteiger partial charge is 0.459 e. The fraction of sp³-hybridized carbons (Fsp3) is 0.174. The zero-order chi connectivity index (χ0) is 21.6. The predicted octanol–water partition coefficient (Wildman–Crippen LogP) is 2.95. The first-order chi connectivity index (χ1) is 15.1. The molecule has 3 aromatic heterocycles. The highest BCUT2D eigenvalue weighted by Gasteiger charge is 2.17. The van der Waals surface area contributed by atoms with Crippen molar-refractivity contribution in [1.82, 2.24) is 24.8 Å². The number of nitrogens with zero attached hydrogens (tertiary/aromatic N) is 3. The number of imidazole rings is 1. The molecule has 0 atom stereocenters. The van der Waals surface area contributed by atoms with Gasteiger partial charge in [-0.3, -0.25) is 9.59 Å². The van der Waals surface area contributed by atoms with E-state index in [1.54, 1.807) is 30.7 Å². The van der Waals surface area contributed by atoms with Crippen LogP contribution in [0.5, 0.6) is 0 Å². The van der Waals surface area contributed by atoms with E-state index < -0.39 is 5.91 Å². The summed E-state index contributed by atoms with van der Waals surface area (Å²) >= 11 is 0. The van der Waals surface area contributed by atoms with Crippen molar-refractivity contribution >= 4 is 28.8 Å². The lowest BCUT2D eigenvalue weighted by Gasteiger charge is -2.10. The fourth-order valence-electron chi connectivity index (χ4n) is 3.37. The third-order valence-corrected chi connectivity index (χ3v) is 4.90. The van der Waals surface area contributed by atoms with Crippen LogP contribution in [0.4, 0.5) is 0 Å². The average Bonchev–Trinajstić information content (AvgIpc) is 3.54. The summed E-state index contributed by atoms with van der Waals surface area (Å²) in [5.41, 5.74) is 2.02. The number of nitrogens with one attached hydrogen (secondary N) is 2. The highest BCUT2D eigenvalue weighted by atomic mass is 16.3. The third kappa shape index (κ3) is 4.75. The molecular formula is C23H23N5O3. The Balaban J connectivity index is 1.53. The lowest BCUT2D eigenvalue weighted by Crippen LogP contribution is -2.35. The summed E-state index contributed by atoms with van der Waals surface area (Å²) in [6.07, 6.45) is 11.1.